The first-order valence-electron chi connectivity index (χ1n) is 5.68. The van der Waals surface area contributed by atoms with Crippen molar-refractivity contribution in [2.24, 2.45) is 0 Å². The molecule has 0 radical (unpaired) electrons. The van der Waals surface area contributed by atoms with E-state index in [4.69, 9.17) is 4.74 Å². The van der Waals surface area contributed by atoms with Gasteiger partial charge in [0.25, 0.3) is 0 Å². The number of hydrogen-bond acceptors (Lipinski definition) is 5. The molecule has 1 aromatic heterocycles. The second kappa shape index (κ2) is 6.09. The van der Waals surface area contributed by atoms with Crippen molar-refractivity contribution in [3.8, 4) is 0 Å². The van der Waals surface area contributed by atoms with E-state index in [-0.39, 0.29) is 11.9 Å². The zero-order chi connectivity index (χ0) is 12.1. The SMILES string of the molecule is CN(Cc1cscn1)C(=O)CC1COCCN1. The maximum Gasteiger partial charge on any atom is 0.224 e. The van der Waals surface area contributed by atoms with Gasteiger partial charge >= 0.3 is 0 Å². The van der Waals surface area contributed by atoms with Crippen molar-refractivity contribution in [3.63, 3.8) is 0 Å². The Kier molecular flexibility index (Phi) is 4.47. The molecule has 2 rings (SSSR count). The molecule has 0 spiro atoms. The molecular formula is C11H17N3O2S. The third-order valence-electron chi connectivity index (χ3n) is 2.73. The third-order valence-corrected chi connectivity index (χ3v) is 3.36. The summed E-state index contributed by atoms with van der Waals surface area (Å²) in [7, 11) is 1.81. The Bertz CT molecular complexity index is 350. The van der Waals surface area contributed by atoms with Gasteiger partial charge in [0.1, 0.15) is 0 Å². The molecule has 1 fully saturated rings. The van der Waals surface area contributed by atoms with Crippen molar-refractivity contribution in [2.75, 3.05) is 26.8 Å². The molecule has 0 bridgehead atoms. The predicted molar refractivity (Wildman–Crippen MR) is 65.8 cm³/mol. The highest BCUT2D eigenvalue weighted by atomic mass is 32.1. The fourth-order valence-corrected chi connectivity index (χ4v) is 2.31. The molecule has 1 atom stereocenters. The Morgan fingerprint density at radius 2 is 2.65 bits per heavy atom. The molecule has 5 nitrogen and oxygen atoms in total. The first kappa shape index (κ1) is 12.5. The molecule has 1 unspecified atom stereocenters. The number of morpholine rings is 1. The van der Waals surface area contributed by atoms with Gasteiger partial charge in [-0.15, -0.1) is 11.3 Å². The second-order valence-corrected chi connectivity index (χ2v) is 4.88. The summed E-state index contributed by atoms with van der Waals surface area (Å²) >= 11 is 1.55. The van der Waals surface area contributed by atoms with E-state index in [1.165, 1.54) is 0 Å². The molecule has 6 heteroatoms. The van der Waals surface area contributed by atoms with Crippen molar-refractivity contribution in [3.05, 3.63) is 16.6 Å². The molecule has 1 amide bonds. The van der Waals surface area contributed by atoms with Crippen LogP contribution >= 0.6 is 11.3 Å². The molecule has 94 valence electrons. The molecule has 1 N–H and O–H groups in total. The number of carbonyl (C=O) groups is 1. The van der Waals surface area contributed by atoms with Gasteiger partial charge in [-0.25, -0.2) is 4.98 Å². The lowest BCUT2D eigenvalue weighted by molar-refractivity contribution is -0.131. The average molecular weight is 255 g/mol. The van der Waals surface area contributed by atoms with Crippen molar-refractivity contribution >= 4 is 17.2 Å². The van der Waals surface area contributed by atoms with Gasteiger partial charge in [0, 0.05) is 31.4 Å². The normalized spacial score (nSPS) is 20.2. The first-order chi connectivity index (χ1) is 8.25. The summed E-state index contributed by atoms with van der Waals surface area (Å²) < 4.78 is 5.32. The number of carbonyl (C=O) groups excluding carboxylic acids is 1. The van der Waals surface area contributed by atoms with Crippen LogP contribution in [0.3, 0.4) is 0 Å². The molecule has 1 aliphatic rings. The van der Waals surface area contributed by atoms with Crippen molar-refractivity contribution < 1.29 is 9.53 Å². The van der Waals surface area contributed by atoms with Crippen LogP contribution in [0.4, 0.5) is 0 Å². The summed E-state index contributed by atoms with van der Waals surface area (Å²) in [6.07, 6.45) is 0.487. The van der Waals surface area contributed by atoms with Gasteiger partial charge in [-0.3, -0.25) is 4.79 Å². The maximum atomic E-state index is 11.9. The molecule has 17 heavy (non-hydrogen) atoms. The van der Waals surface area contributed by atoms with Crippen LogP contribution in [0, 0.1) is 0 Å². The minimum atomic E-state index is 0.126. The van der Waals surface area contributed by atoms with Gasteiger partial charge in [0.15, 0.2) is 0 Å². The van der Waals surface area contributed by atoms with E-state index < -0.39 is 0 Å². The Morgan fingerprint density at radius 3 is 3.29 bits per heavy atom. The largest absolute Gasteiger partial charge is 0.378 e. The van der Waals surface area contributed by atoms with Crippen LogP contribution in [-0.4, -0.2) is 48.6 Å². The third kappa shape index (κ3) is 3.76. The Morgan fingerprint density at radius 1 is 1.76 bits per heavy atom. The van der Waals surface area contributed by atoms with E-state index in [0.29, 0.717) is 19.6 Å². The lowest BCUT2D eigenvalue weighted by atomic mass is 10.2. The Balaban J connectivity index is 1.78. The van der Waals surface area contributed by atoms with Crippen molar-refractivity contribution in [1.82, 2.24) is 15.2 Å². The van der Waals surface area contributed by atoms with Gasteiger partial charge in [-0.05, 0) is 0 Å². The standard InChI is InChI=1S/C11H17N3O2S/c1-14(5-10-7-17-8-13-10)11(15)4-9-6-16-3-2-12-9/h7-9,12H,2-6H2,1H3. The molecule has 0 saturated carbocycles. The van der Waals surface area contributed by atoms with Crippen LogP contribution in [0.25, 0.3) is 0 Å². The highest BCUT2D eigenvalue weighted by molar-refractivity contribution is 7.07. The van der Waals surface area contributed by atoms with E-state index in [9.17, 15) is 4.79 Å². The zero-order valence-electron chi connectivity index (χ0n) is 9.89. The van der Waals surface area contributed by atoms with Crippen LogP contribution in [0.2, 0.25) is 0 Å². The molecule has 0 aromatic carbocycles. The molecule has 1 aromatic rings. The summed E-state index contributed by atoms with van der Waals surface area (Å²) in [5, 5.41) is 5.24. The molecular weight excluding hydrogens is 238 g/mol. The van der Waals surface area contributed by atoms with Gasteiger partial charge in [0.05, 0.1) is 31.0 Å². The van der Waals surface area contributed by atoms with Gasteiger partial charge in [-0.2, -0.15) is 0 Å². The number of hydrogen-bond donors (Lipinski definition) is 1. The van der Waals surface area contributed by atoms with Crippen molar-refractivity contribution in [2.45, 2.75) is 19.0 Å². The average Bonchev–Trinajstić information content (AvgIpc) is 2.83. The van der Waals surface area contributed by atoms with E-state index in [2.05, 4.69) is 10.3 Å². The number of amides is 1. The van der Waals surface area contributed by atoms with E-state index in [1.807, 2.05) is 12.4 Å². The monoisotopic (exact) mass is 255 g/mol. The van der Waals surface area contributed by atoms with Crippen LogP contribution in [-0.2, 0) is 16.1 Å². The van der Waals surface area contributed by atoms with Crippen LogP contribution < -0.4 is 5.32 Å². The number of rotatable bonds is 4. The van der Waals surface area contributed by atoms with E-state index in [1.54, 1.807) is 21.7 Å². The van der Waals surface area contributed by atoms with E-state index >= 15 is 0 Å². The minimum Gasteiger partial charge on any atom is -0.378 e. The molecule has 0 aliphatic carbocycles. The predicted octanol–water partition coefficient (Wildman–Crippen LogP) is 0.480. The fraction of sp³-hybridized carbons (Fsp3) is 0.636. The second-order valence-electron chi connectivity index (χ2n) is 4.16. The summed E-state index contributed by atoms with van der Waals surface area (Å²) in [6, 6.07) is 0.147. The minimum absolute atomic E-state index is 0.126. The van der Waals surface area contributed by atoms with Gasteiger partial charge < -0.3 is 15.0 Å². The van der Waals surface area contributed by atoms with E-state index in [0.717, 1.165) is 18.8 Å². The zero-order valence-corrected chi connectivity index (χ0v) is 10.7. The Hall–Kier alpha value is -0.980. The summed E-state index contributed by atoms with van der Waals surface area (Å²) in [5.41, 5.74) is 2.73. The molecule has 1 saturated heterocycles. The Labute approximate surface area is 105 Å². The van der Waals surface area contributed by atoms with Crippen LogP contribution in [0.1, 0.15) is 12.1 Å². The number of nitrogens with one attached hydrogen (secondary N) is 1. The lowest BCUT2D eigenvalue weighted by Crippen LogP contribution is -2.44. The highest BCUT2D eigenvalue weighted by Gasteiger charge is 2.19. The van der Waals surface area contributed by atoms with Crippen molar-refractivity contribution in [1.29, 1.82) is 0 Å². The van der Waals surface area contributed by atoms with Crippen LogP contribution in [0.15, 0.2) is 10.9 Å². The quantitative estimate of drug-likeness (QED) is 0.850. The van der Waals surface area contributed by atoms with Gasteiger partial charge in [0.2, 0.25) is 5.91 Å². The number of nitrogens with zero attached hydrogens (tertiary/aromatic N) is 2. The summed E-state index contributed by atoms with van der Waals surface area (Å²) in [6.45, 7) is 2.76. The molecule has 2 heterocycles. The summed E-state index contributed by atoms with van der Waals surface area (Å²) in [5.74, 6) is 0.126. The lowest BCUT2D eigenvalue weighted by Gasteiger charge is -2.25. The first-order valence-corrected chi connectivity index (χ1v) is 6.62. The maximum absolute atomic E-state index is 11.9. The summed E-state index contributed by atoms with van der Waals surface area (Å²) in [4.78, 5) is 17.8. The fourth-order valence-electron chi connectivity index (χ4n) is 1.76. The number of aromatic nitrogens is 1. The topological polar surface area (TPSA) is 54.5 Å². The molecule has 1 aliphatic heterocycles. The smallest absolute Gasteiger partial charge is 0.224 e. The van der Waals surface area contributed by atoms with Crippen LogP contribution in [0.5, 0.6) is 0 Å². The number of ether oxygens (including phenoxy) is 1. The van der Waals surface area contributed by atoms with Gasteiger partial charge in [-0.1, -0.05) is 0 Å². The number of thiazole rings is 1. The highest BCUT2D eigenvalue weighted by Crippen LogP contribution is 2.07.